The van der Waals surface area contributed by atoms with Crippen molar-refractivity contribution in [1.82, 2.24) is 9.80 Å². The molecule has 0 N–H and O–H groups in total. The first-order chi connectivity index (χ1) is 18.9. The van der Waals surface area contributed by atoms with E-state index >= 15 is 0 Å². The molecule has 3 rings (SSSR count). The molecule has 1 fully saturated rings. The molecule has 2 aliphatic heterocycles. The van der Waals surface area contributed by atoms with Gasteiger partial charge in [-0.05, 0) is 82.6 Å². The molecule has 0 unspecified atom stereocenters. The van der Waals surface area contributed by atoms with Crippen molar-refractivity contribution in [3.8, 4) is 5.75 Å². The Morgan fingerprint density at radius 1 is 1.02 bits per heavy atom. The van der Waals surface area contributed by atoms with Crippen molar-refractivity contribution in [2.75, 3.05) is 40.0 Å². The van der Waals surface area contributed by atoms with Crippen LogP contribution in [0.1, 0.15) is 67.4 Å². The van der Waals surface area contributed by atoms with Gasteiger partial charge < -0.3 is 23.5 Å². The molecular formula is C32H52N2O6Si. The highest BCUT2D eigenvalue weighted by atomic mass is 28.4. The average Bonchev–Trinajstić information content (AvgIpc) is 2.85. The minimum absolute atomic E-state index is 0.0621. The van der Waals surface area contributed by atoms with E-state index < -0.39 is 13.9 Å². The van der Waals surface area contributed by atoms with Crippen molar-refractivity contribution >= 4 is 26.0 Å². The van der Waals surface area contributed by atoms with Crippen molar-refractivity contribution in [3.63, 3.8) is 0 Å². The predicted molar refractivity (Wildman–Crippen MR) is 166 cm³/mol. The summed E-state index contributed by atoms with van der Waals surface area (Å²) >= 11 is 0. The van der Waals surface area contributed by atoms with Gasteiger partial charge in [-0.25, -0.2) is 9.59 Å². The Morgan fingerprint density at radius 3 is 2.22 bits per heavy atom. The summed E-state index contributed by atoms with van der Waals surface area (Å²) in [7, 11) is 0.227. The minimum Gasteiger partial charge on any atom is -0.493 e. The van der Waals surface area contributed by atoms with Gasteiger partial charge in [-0.2, -0.15) is 0 Å². The van der Waals surface area contributed by atoms with Gasteiger partial charge >= 0.3 is 12.1 Å². The van der Waals surface area contributed by atoms with Crippen LogP contribution < -0.4 is 4.74 Å². The molecule has 2 aliphatic rings. The average molecular weight is 589 g/mol. The normalized spacial score (nSPS) is 21.0. The van der Waals surface area contributed by atoms with Gasteiger partial charge in [0.05, 0.1) is 24.8 Å². The molecule has 0 spiro atoms. The molecule has 1 amide bonds. The van der Waals surface area contributed by atoms with Crippen LogP contribution in [-0.4, -0.2) is 87.8 Å². The SMILES string of the molecule is CCOC(=O)C1=C(c2ccc(OC[C@H](C)CO[Si](C)(C)C(C)(C)C)cc2)C[C@H]2CN(C(=O)OC(C)(C)C)C[C@@H]1N2C. The van der Waals surface area contributed by atoms with E-state index in [-0.39, 0.29) is 41.7 Å². The highest BCUT2D eigenvalue weighted by Gasteiger charge is 2.45. The smallest absolute Gasteiger partial charge is 0.410 e. The summed E-state index contributed by atoms with van der Waals surface area (Å²) in [4.78, 5) is 30.1. The number of likely N-dealkylation sites (N-methyl/N-ethyl adjacent to an activating group) is 1. The van der Waals surface area contributed by atoms with Gasteiger partial charge in [-0.1, -0.05) is 39.8 Å². The van der Waals surface area contributed by atoms with E-state index in [2.05, 4.69) is 45.7 Å². The number of ether oxygens (including phenoxy) is 3. The molecule has 0 saturated carbocycles. The Morgan fingerprint density at radius 2 is 1.66 bits per heavy atom. The number of amides is 1. The number of nitrogens with zero attached hydrogens (tertiary/aromatic N) is 2. The predicted octanol–water partition coefficient (Wildman–Crippen LogP) is 6.36. The number of benzene rings is 1. The summed E-state index contributed by atoms with van der Waals surface area (Å²) in [5.41, 5.74) is 1.98. The molecule has 3 atom stereocenters. The standard InChI is InChI=1S/C32H52N2O6Si/c1-12-37-29(35)28-26(17-24-18-34(19-27(28)33(24)9)30(36)40-31(3,4)5)23-13-15-25(16-14-23)38-20-22(2)21-39-41(10,11)32(6,7)8/h13-16,22,24,27H,12,17-21H2,1-11H3/t22-,24-,27-/m0/s1. The first kappa shape index (κ1) is 33.1. The highest BCUT2D eigenvalue weighted by molar-refractivity contribution is 6.74. The second kappa shape index (κ2) is 12.9. The zero-order valence-corrected chi connectivity index (χ0v) is 28.1. The van der Waals surface area contributed by atoms with Crippen molar-refractivity contribution in [2.45, 2.75) is 97.6 Å². The van der Waals surface area contributed by atoms with Crippen molar-refractivity contribution in [3.05, 3.63) is 35.4 Å². The fourth-order valence-corrected chi connectivity index (χ4v) is 6.06. The summed E-state index contributed by atoms with van der Waals surface area (Å²) in [5.74, 6) is 0.721. The van der Waals surface area contributed by atoms with Crippen LogP contribution in [-0.2, 0) is 18.7 Å². The zero-order chi connectivity index (χ0) is 30.8. The first-order valence-corrected chi connectivity index (χ1v) is 17.8. The van der Waals surface area contributed by atoms with E-state index in [4.69, 9.17) is 18.6 Å². The van der Waals surface area contributed by atoms with E-state index in [1.54, 1.807) is 4.90 Å². The Labute approximate surface area is 248 Å². The molecule has 2 heterocycles. The lowest BCUT2D eigenvalue weighted by molar-refractivity contribution is -0.140. The number of carbonyl (C=O) groups excluding carboxylic acids is 2. The number of rotatable bonds is 9. The van der Waals surface area contributed by atoms with Gasteiger partial charge in [0.15, 0.2) is 8.32 Å². The van der Waals surface area contributed by atoms with E-state index in [1.165, 1.54) is 0 Å². The summed E-state index contributed by atoms with van der Waals surface area (Å²) < 4.78 is 23.6. The van der Waals surface area contributed by atoms with Crippen LogP contribution in [0.25, 0.3) is 5.57 Å². The third-order valence-electron chi connectivity index (χ3n) is 8.41. The molecule has 41 heavy (non-hydrogen) atoms. The number of hydrogen-bond acceptors (Lipinski definition) is 7. The van der Waals surface area contributed by atoms with Crippen LogP contribution >= 0.6 is 0 Å². The number of hydrogen-bond donors (Lipinski definition) is 0. The molecule has 2 bridgehead atoms. The lowest BCUT2D eigenvalue weighted by Gasteiger charge is -2.49. The summed E-state index contributed by atoms with van der Waals surface area (Å²) in [5, 5.41) is 0.181. The topological polar surface area (TPSA) is 77.5 Å². The second-order valence-electron chi connectivity index (χ2n) is 14.0. The van der Waals surface area contributed by atoms with Crippen LogP contribution in [0.3, 0.4) is 0 Å². The number of fused-ring (bicyclic) bond motifs is 2. The molecule has 9 heteroatoms. The quantitative estimate of drug-likeness (QED) is 0.245. The maximum absolute atomic E-state index is 13.3. The third-order valence-corrected chi connectivity index (χ3v) is 12.9. The molecule has 1 saturated heterocycles. The van der Waals surface area contributed by atoms with E-state index in [9.17, 15) is 9.59 Å². The molecule has 0 aliphatic carbocycles. The van der Waals surface area contributed by atoms with Crippen LogP contribution in [0.15, 0.2) is 29.8 Å². The van der Waals surface area contributed by atoms with Gasteiger partial charge in [0.2, 0.25) is 0 Å². The minimum atomic E-state index is -1.79. The Hall–Kier alpha value is -2.36. The summed E-state index contributed by atoms with van der Waals surface area (Å²) in [6.07, 6.45) is 0.278. The van der Waals surface area contributed by atoms with Crippen molar-refractivity contribution in [2.24, 2.45) is 5.92 Å². The lowest BCUT2D eigenvalue weighted by Crippen LogP contribution is -2.62. The maximum Gasteiger partial charge on any atom is 0.410 e. The zero-order valence-electron chi connectivity index (χ0n) is 27.1. The fraction of sp³-hybridized carbons (Fsp3) is 0.688. The number of piperazine rings is 1. The van der Waals surface area contributed by atoms with Crippen molar-refractivity contribution < 1.29 is 28.2 Å². The summed E-state index contributed by atoms with van der Waals surface area (Å²) in [6.45, 7) is 23.3. The van der Waals surface area contributed by atoms with Gasteiger partial charge in [-0.15, -0.1) is 0 Å². The number of esters is 1. The second-order valence-corrected chi connectivity index (χ2v) is 18.9. The molecular weight excluding hydrogens is 536 g/mol. The summed E-state index contributed by atoms with van der Waals surface area (Å²) in [6, 6.07) is 7.76. The van der Waals surface area contributed by atoms with Gasteiger partial charge in [0, 0.05) is 31.7 Å². The van der Waals surface area contributed by atoms with Crippen LogP contribution in [0, 0.1) is 5.92 Å². The van der Waals surface area contributed by atoms with E-state index in [0.717, 1.165) is 16.9 Å². The molecule has 0 radical (unpaired) electrons. The van der Waals surface area contributed by atoms with E-state index in [1.807, 2.05) is 59.0 Å². The number of carbonyl (C=O) groups is 2. The van der Waals surface area contributed by atoms with Gasteiger partial charge in [-0.3, -0.25) is 4.90 Å². The Kier molecular flexibility index (Phi) is 10.4. The van der Waals surface area contributed by atoms with Crippen molar-refractivity contribution in [1.29, 1.82) is 0 Å². The van der Waals surface area contributed by atoms with Gasteiger partial charge in [0.25, 0.3) is 0 Å². The van der Waals surface area contributed by atoms with Crippen LogP contribution in [0.5, 0.6) is 5.75 Å². The largest absolute Gasteiger partial charge is 0.493 e. The van der Waals surface area contributed by atoms with Crippen LogP contribution in [0.2, 0.25) is 18.1 Å². The molecule has 1 aromatic rings. The van der Waals surface area contributed by atoms with Crippen LogP contribution in [0.4, 0.5) is 4.79 Å². The first-order valence-electron chi connectivity index (χ1n) is 14.9. The molecule has 230 valence electrons. The molecule has 0 aromatic heterocycles. The highest BCUT2D eigenvalue weighted by Crippen LogP contribution is 2.39. The Balaban J connectivity index is 1.76. The Bertz CT molecular complexity index is 1100. The fourth-order valence-electron chi connectivity index (χ4n) is 4.92. The third kappa shape index (κ3) is 8.35. The monoisotopic (exact) mass is 588 g/mol. The maximum atomic E-state index is 13.3. The van der Waals surface area contributed by atoms with E-state index in [0.29, 0.717) is 38.3 Å². The molecule has 8 nitrogen and oxygen atoms in total. The lowest BCUT2D eigenvalue weighted by atomic mass is 9.82. The van der Waals surface area contributed by atoms with Gasteiger partial charge in [0.1, 0.15) is 11.4 Å². The molecule has 1 aromatic carbocycles.